The van der Waals surface area contributed by atoms with Crippen LogP contribution in [0, 0.1) is 0 Å². The molecule has 0 spiro atoms. The topological polar surface area (TPSA) is 104 Å². The van der Waals surface area contributed by atoms with Crippen molar-refractivity contribution in [1.82, 2.24) is 14.3 Å². The van der Waals surface area contributed by atoms with Gasteiger partial charge in [-0.2, -0.15) is 4.31 Å². The summed E-state index contributed by atoms with van der Waals surface area (Å²) in [6.07, 6.45) is 7.47. The van der Waals surface area contributed by atoms with Gasteiger partial charge in [-0.05, 0) is 48.7 Å². The largest absolute Gasteiger partial charge is 0.495 e. The Morgan fingerprint density at radius 2 is 2.06 bits per heavy atom. The van der Waals surface area contributed by atoms with Gasteiger partial charge in [-0.3, -0.25) is 10.1 Å². The summed E-state index contributed by atoms with van der Waals surface area (Å²) in [6.45, 7) is 1.01. The molecule has 1 fully saturated rings. The lowest BCUT2D eigenvalue weighted by Crippen LogP contribution is -2.35. The lowest BCUT2D eigenvalue weighted by molar-refractivity contribution is -0.111. The summed E-state index contributed by atoms with van der Waals surface area (Å²) in [7, 11) is -2.22. The molecule has 1 saturated heterocycles. The number of thiazole rings is 1. The van der Waals surface area contributed by atoms with E-state index in [9.17, 15) is 13.2 Å². The number of methoxy groups -OCH3 is 1. The Morgan fingerprint density at radius 1 is 1.25 bits per heavy atom. The van der Waals surface area contributed by atoms with E-state index in [2.05, 4.69) is 15.3 Å². The number of rotatable bonds is 7. The molecule has 0 bridgehead atoms. The predicted octanol–water partition coefficient (Wildman–Crippen LogP) is 3.97. The molecule has 0 radical (unpaired) electrons. The summed E-state index contributed by atoms with van der Waals surface area (Å²) >= 11 is 1.33. The highest BCUT2D eigenvalue weighted by atomic mass is 32.2. The number of hydrogen-bond donors (Lipinski definition) is 2. The first-order valence-electron chi connectivity index (χ1n) is 10.2. The molecule has 2 N–H and O–H groups in total. The van der Waals surface area contributed by atoms with Crippen LogP contribution in [0.4, 0.5) is 5.13 Å². The van der Waals surface area contributed by atoms with Crippen LogP contribution in [-0.2, 0) is 14.8 Å². The van der Waals surface area contributed by atoms with Crippen LogP contribution < -0.4 is 10.1 Å². The number of nitrogens with zero attached hydrogens (tertiary/aromatic N) is 2. The van der Waals surface area contributed by atoms with E-state index in [1.54, 1.807) is 24.3 Å². The fraction of sp³-hybridized carbons (Fsp3) is 0.273. The number of sulfonamides is 1. The molecular weight excluding hydrogens is 448 g/mol. The maximum atomic E-state index is 13.1. The Balaban J connectivity index is 1.49. The summed E-state index contributed by atoms with van der Waals surface area (Å²) in [5, 5.41) is 5.06. The second kappa shape index (κ2) is 9.68. The van der Waals surface area contributed by atoms with Gasteiger partial charge in [0.05, 0.1) is 18.5 Å². The standard InChI is InChI=1S/C22H24N4O4S2/c1-30-19-9-7-16(14-20(19)32(28,29)26-12-3-2-4-13-26)8-10-21(27)25-22-24-18(15-31-22)17-6-5-11-23-17/h5-11,14-15,23H,2-4,12-13H2,1H3,(H,24,25,27). The number of aromatic nitrogens is 2. The summed E-state index contributed by atoms with van der Waals surface area (Å²) < 4.78 is 33.1. The monoisotopic (exact) mass is 472 g/mol. The van der Waals surface area contributed by atoms with E-state index in [1.165, 1.54) is 28.8 Å². The first-order valence-corrected chi connectivity index (χ1v) is 12.6. The molecular formula is C22H24N4O4S2. The number of amides is 1. The predicted molar refractivity (Wildman–Crippen MR) is 125 cm³/mol. The van der Waals surface area contributed by atoms with Crippen molar-refractivity contribution in [3.63, 3.8) is 0 Å². The van der Waals surface area contributed by atoms with Gasteiger partial charge in [0, 0.05) is 30.7 Å². The number of carbonyl (C=O) groups excluding carboxylic acids is 1. The highest BCUT2D eigenvalue weighted by molar-refractivity contribution is 7.89. The van der Waals surface area contributed by atoms with Crippen LogP contribution in [0.2, 0.25) is 0 Å². The van der Waals surface area contributed by atoms with E-state index in [4.69, 9.17) is 4.74 Å². The Morgan fingerprint density at radius 3 is 2.78 bits per heavy atom. The van der Waals surface area contributed by atoms with Crippen molar-refractivity contribution in [3.8, 4) is 17.1 Å². The third-order valence-corrected chi connectivity index (χ3v) is 7.83. The number of hydrogen-bond acceptors (Lipinski definition) is 6. The summed E-state index contributed by atoms with van der Waals surface area (Å²) in [5.41, 5.74) is 2.21. The van der Waals surface area contributed by atoms with E-state index in [-0.39, 0.29) is 16.6 Å². The van der Waals surface area contributed by atoms with Gasteiger partial charge in [0.25, 0.3) is 0 Å². The summed E-state index contributed by atoms with van der Waals surface area (Å²) in [4.78, 5) is 19.9. The maximum Gasteiger partial charge on any atom is 0.250 e. The minimum absolute atomic E-state index is 0.111. The molecule has 1 aromatic carbocycles. The van der Waals surface area contributed by atoms with Crippen molar-refractivity contribution >= 4 is 38.5 Å². The number of carbonyl (C=O) groups is 1. The van der Waals surface area contributed by atoms with Crippen LogP contribution in [-0.4, -0.2) is 48.8 Å². The number of anilines is 1. The van der Waals surface area contributed by atoms with Crippen molar-refractivity contribution in [3.05, 3.63) is 53.5 Å². The highest BCUT2D eigenvalue weighted by Gasteiger charge is 2.29. The molecule has 1 aliphatic rings. The average Bonchev–Trinajstić information content (AvgIpc) is 3.50. The van der Waals surface area contributed by atoms with Crippen molar-refractivity contribution in [2.75, 3.05) is 25.5 Å². The number of benzene rings is 1. The number of ether oxygens (including phenoxy) is 1. The zero-order valence-corrected chi connectivity index (χ0v) is 19.2. The minimum atomic E-state index is -3.67. The molecule has 0 saturated carbocycles. The smallest absolute Gasteiger partial charge is 0.250 e. The molecule has 1 aliphatic heterocycles. The third kappa shape index (κ3) is 4.93. The Labute approximate surface area is 191 Å². The van der Waals surface area contributed by atoms with Crippen LogP contribution in [0.25, 0.3) is 17.5 Å². The number of H-pyrrole nitrogens is 1. The number of piperidine rings is 1. The van der Waals surface area contributed by atoms with Gasteiger partial charge in [-0.1, -0.05) is 12.5 Å². The molecule has 0 aliphatic carbocycles. The Hall–Kier alpha value is -2.95. The number of aromatic amines is 1. The van der Waals surface area contributed by atoms with Crippen LogP contribution >= 0.6 is 11.3 Å². The van der Waals surface area contributed by atoms with Gasteiger partial charge in [0.1, 0.15) is 10.6 Å². The fourth-order valence-electron chi connectivity index (χ4n) is 3.51. The molecule has 3 aromatic rings. The molecule has 0 atom stereocenters. The fourth-order valence-corrected chi connectivity index (χ4v) is 5.93. The minimum Gasteiger partial charge on any atom is -0.495 e. The highest BCUT2D eigenvalue weighted by Crippen LogP contribution is 2.30. The molecule has 1 amide bonds. The first kappa shape index (κ1) is 22.3. The zero-order chi connectivity index (χ0) is 22.6. The zero-order valence-electron chi connectivity index (χ0n) is 17.6. The molecule has 2 aromatic heterocycles. The third-order valence-electron chi connectivity index (χ3n) is 5.16. The maximum absolute atomic E-state index is 13.1. The normalized spacial score (nSPS) is 15.2. The van der Waals surface area contributed by atoms with Gasteiger partial charge < -0.3 is 9.72 Å². The van der Waals surface area contributed by atoms with Gasteiger partial charge in [-0.25, -0.2) is 13.4 Å². The van der Waals surface area contributed by atoms with Crippen LogP contribution in [0.5, 0.6) is 5.75 Å². The van der Waals surface area contributed by atoms with E-state index in [1.807, 2.05) is 23.7 Å². The van der Waals surface area contributed by atoms with E-state index < -0.39 is 10.0 Å². The number of nitrogens with one attached hydrogen (secondary N) is 2. The van der Waals surface area contributed by atoms with E-state index >= 15 is 0 Å². The van der Waals surface area contributed by atoms with Gasteiger partial charge >= 0.3 is 0 Å². The second-order valence-corrected chi connectivity index (χ2v) is 10.1. The molecule has 10 heteroatoms. The average molecular weight is 473 g/mol. The molecule has 4 rings (SSSR count). The quantitative estimate of drug-likeness (QED) is 0.506. The van der Waals surface area contributed by atoms with Crippen molar-refractivity contribution in [2.45, 2.75) is 24.2 Å². The molecule has 3 heterocycles. The van der Waals surface area contributed by atoms with Gasteiger partial charge in [0.2, 0.25) is 15.9 Å². The summed E-state index contributed by atoms with van der Waals surface area (Å²) in [5.74, 6) is -0.0644. The molecule has 32 heavy (non-hydrogen) atoms. The molecule has 8 nitrogen and oxygen atoms in total. The SMILES string of the molecule is COc1ccc(C=CC(=O)Nc2nc(-c3ccc[nH]3)cs2)cc1S(=O)(=O)N1CCCCC1. The van der Waals surface area contributed by atoms with Gasteiger partial charge in [-0.15, -0.1) is 11.3 Å². The van der Waals surface area contributed by atoms with Crippen molar-refractivity contribution in [2.24, 2.45) is 0 Å². The summed E-state index contributed by atoms with van der Waals surface area (Å²) in [6, 6.07) is 8.64. The molecule has 0 unspecified atom stereocenters. The van der Waals surface area contributed by atoms with Crippen molar-refractivity contribution < 1.29 is 17.9 Å². The Bertz CT molecular complexity index is 1210. The van der Waals surface area contributed by atoms with Crippen molar-refractivity contribution in [1.29, 1.82) is 0 Å². The van der Waals surface area contributed by atoms with Crippen LogP contribution in [0.15, 0.2) is 52.9 Å². The van der Waals surface area contributed by atoms with E-state index in [0.29, 0.717) is 23.8 Å². The lowest BCUT2D eigenvalue weighted by Gasteiger charge is -2.26. The first-order chi connectivity index (χ1) is 15.5. The van der Waals surface area contributed by atoms with Crippen LogP contribution in [0.3, 0.4) is 0 Å². The van der Waals surface area contributed by atoms with Gasteiger partial charge in [0.15, 0.2) is 5.13 Å². The molecule has 168 valence electrons. The van der Waals surface area contributed by atoms with E-state index in [0.717, 1.165) is 30.7 Å². The van der Waals surface area contributed by atoms with Crippen LogP contribution in [0.1, 0.15) is 24.8 Å². The lowest BCUT2D eigenvalue weighted by atomic mass is 10.2. The second-order valence-electron chi connectivity index (χ2n) is 7.32. The Kier molecular flexibility index (Phi) is 6.73.